The molecule has 0 saturated carbocycles. The molecule has 5 aromatic rings. The number of aromatic hydroxyl groups is 2. The van der Waals surface area contributed by atoms with Gasteiger partial charge in [0.25, 0.3) is 0 Å². The van der Waals surface area contributed by atoms with Gasteiger partial charge in [-0.2, -0.15) is 0 Å². The van der Waals surface area contributed by atoms with E-state index in [-0.39, 0.29) is 16.4 Å². The smallest absolute Gasteiger partial charge is 0.242 e. The minimum Gasteiger partial charge on any atom is -0.503 e. The molecule has 5 rings (SSSR count). The van der Waals surface area contributed by atoms with Crippen LogP contribution in [0.2, 0.25) is 0 Å². The molecule has 0 fully saturated rings. The lowest BCUT2D eigenvalue weighted by Crippen LogP contribution is -2.04. The minimum absolute atomic E-state index is 0.0855. The summed E-state index contributed by atoms with van der Waals surface area (Å²) < 4.78 is 26.3. The van der Waals surface area contributed by atoms with Gasteiger partial charge in [0, 0.05) is 5.56 Å². The number of fused-ring (bicyclic) bond motifs is 1. The molecule has 0 atom stereocenters. The molecule has 2 aromatic carbocycles. The topological polar surface area (TPSA) is 93.8 Å². The summed E-state index contributed by atoms with van der Waals surface area (Å²) in [6.45, 7) is 0. The SMILES string of the molecule is COc1ccc(-c2c(C(=O)c3cccs3)c(O)c(O)n2-c2nc3ccc(F)cc3s2)cc1OC. The van der Waals surface area contributed by atoms with Crippen molar-refractivity contribution >= 4 is 38.7 Å². The standard InChI is InChI=1S/C24H17FN2O5S2/c1-31-15-8-5-12(10-16(15)32-2)20-19(21(28)17-4-3-9-33-17)22(29)23(30)27(20)24-26-14-7-6-13(25)11-18(14)34-24/h3-11,29-30H,1-2H3. The average Bonchev–Trinajstić information content (AvgIpc) is 3.57. The van der Waals surface area contributed by atoms with Crippen LogP contribution < -0.4 is 9.47 Å². The van der Waals surface area contributed by atoms with E-state index >= 15 is 0 Å². The number of aromatic nitrogens is 2. The lowest BCUT2D eigenvalue weighted by Gasteiger charge is -2.12. The fourth-order valence-electron chi connectivity index (χ4n) is 3.72. The quantitative estimate of drug-likeness (QED) is 0.297. The molecular formula is C24H17FN2O5S2. The van der Waals surface area contributed by atoms with E-state index in [9.17, 15) is 19.4 Å². The summed E-state index contributed by atoms with van der Waals surface area (Å²) in [5.41, 5.74) is 1.11. The molecule has 3 heterocycles. The van der Waals surface area contributed by atoms with E-state index in [2.05, 4.69) is 4.98 Å². The molecule has 0 aliphatic carbocycles. The molecular weight excluding hydrogens is 479 g/mol. The summed E-state index contributed by atoms with van der Waals surface area (Å²) in [4.78, 5) is 18.3. The lowest BCUT2D eigenvalue weighted by molar-refractivity contribution is 0.104. The average molecular weight is 497 g/mol. The largest absolute Gasteiger partial charge is 0.503 e. The highest BCUT2D eigenvalue weighted by molar-refractivity contribution is 7.20. The number of rotatable bonds is 6. The van der Waals surface area contributed by atoms with Crippen LogP contribution in [-0.2, 0) is 0 Å². The van der Waals surface area contributed by atoms with Crippen molar-refractivity contribution in [1.82, 2.24) is 9.55 Å². The Morgan fingerprint density at radius 3 is 2.56 bits per heavy atom. The Bertz CT molecular complexity index is 1540. The summed E-state index contributed by atoms with van der Waals surface area (Å²) >= 11 is 2.33. The van der Waals surface area contributed by atoms with Crippen molar-refractivity contribution in [2.45, 2.75) is 0 Å². The van der Waals surface area contributed by atoms with Crippen LogP contribution in [0.1, 0.15) is 15.2 Å². The van der Waals surface area contributed by atoms with Crippen molar-refractivity contribution < 1.29 is 28.9 Å². The van der Waals surface area contributed by atoms with Crippen molar-refractivity contribution in [3.8, 4) is 39.5 Å². The van der Waals surface area contributed by atoms with Crippen LogP contribution in [0.4, 0.5) is 4.39 Å². The van der Waals surface area contributed by atoms with Gasteiger partial charge in [-0.25, -0.2) is 9.37 Å². The van der Waals surface area contributed by atoms with Crippen LogP contribution in [0.3, 0.4) is 0 Å². The minimum atomic E-state index is -0.575. The molecule has 0 spiro atoms. The first kappa shape index (κ1) is 21.9. The molecule has 0 amide bonds. The Hall–Kier alpha value is -3.89. The van der Waals surface area contributed by atoms with Crippen LogP contribution in [-0.4, -0.2) is 39.8 Å². The first-order chi connectivity index (χ1) is 16.4. The van der Waals surface area contributed by atoms with Gasteiger partial charge in [0.2, 0.25) is 11.7 Å². The number of methoxy groups -OCH3 is 2. The zero-order valence-electron chi connectivity index (χ0n) is 17.9. The number of ketones is 1. The van der Waals surface area contributed by atoms with Crippen LogP contribution in [0.25, 0.3) is 26.6 Å². The number of hydrogen-bond acceptors (Lipinski definition) is 8. The van der Waals surface area contributed by atoms with E-state index in [1.165, 1.54) is 48.3 Å². The van der Waals surface area contributed by atoms with Crippen molar-refractivity contribution in [1.29, 1.82) is 0 Å². The molecule has 0 aliphatic heterocycles. The van der Waals surface area contributed by atoms with Gasteiger partial charge in [0.05, 0.1) is 40.6 Å². The predicted octanol–water partition coefficient (Wildman–Crippen LogP) is 5.61. The third kappa shape index (κ3) is 3.47. The highest BCUT2D eigenvalue weighted by Crippen LogP contribution is 2.46. The summed E-state index contributed by atoms with van der Waals surface area (Å²) in [6.07, 6.45) is 0. The van der Waals surface area contributed by atoms with Gasteiger partial charge >= 0.3 is 0 Å². The summed E-state index contributed by atoms with van der Waals surface area (Å²) in [5.74, 6) is -1.14. The fourth-order valence-corrected chi connectivity index (χ4v) is 5.39. The van der Waals surface area contributed by atoms with Gasteiger partial charge in [-0.1, -0.05) is 17.4 Å². The fraction of sp³-hybridized carbons (Fsp3) is 0.0833. The monoisotopic (exact) mass is 496 g/mol. The molecule has 34 heavy (non-hydrogen) atoms. The molecule has 3 aromatic heterocycles. The van der Waals surface area contributed by atoms with Crippen LogP contribution in [0, 0.1) is 5.82 Å². The number of benzene rings is 2. The molecule has 10 heteroatoms. The maximum Gasteiger partial charge on any atom is 0.242 e. The normalized spacial score (nSPS) is 11.1. The molecule has 0 bridgehead atoms. The van der Waals surface area contributed by atoms with Gasteiger partial charge in [-0.15, -0.1) is 11.3 Å². The summed E-state index contributed by atoms with van der Waals surface area (Å²) in [5, 5.41) is 23.9. The Morgan fingerprint density at radius 1 is 1.06 bits per heavy atom. The van der Waals surface area contributed by atoms with Gasteiger partial charge in [0.15, 0.2) is 22.4 Å². The second-order valence-electron chi connectivity index (χ2n) is 7.22. The van der Waals surface area contributed by atoms with Gasteiger partial charge in [-0.3, -0.25) is 9.36 Å². The lowest BCUT2D eigenvalue weighted by atomic mass is 10.0. The van der Waals surface area contributed by atoms with Crippen molar-refractivity contribution in [3.63, 3.8) is 0 Å². The van der Waals surface area contributed by atoms with Gasteiger partial charge < -0.3 is 19.7 Å². The van der Waals surface area contributed by atoms with E-state index in [1.807, 2.05) is 0 Å². The second kappa shape index (κ2) is 8.47. The third-order valence-corrected chi connectivity index (χ3v) is 7.15. The zero-order valence-corrected chi connectivity index (χ0v) is 19.5. The highest BCUT2D eigenvalue weighted by Gasteiger charge is 2.32. The summed E-state index contributed by atoms with van der Waals surface area (Å²) in [6, 6.07) is 12.5. The molecule has 2 N–H and O–H groups in total. The van der Waals surface area contributed by atoms with E-state index in [0.29, 0.717) is 32.2 Å². The Balaban J connectivity index is 1.82. The molecule has 7 nitrogen and oxygen atoms in total. The van der Waals surface area contributed by atoms with Crippen LogP contribution in [0.5, 0.6) is 23.1 Å². The number of carbonyl (C=O) groups is 1. The Labute approximate surface area is 200 Å². The predicted molar refractivity (Wildman–Crippen MR) is 129 cm³/mol. The van der Waals surface area contributed by atoms with Gasteiger partial charge in [0.1, 0.15) is 5.82 Å². The van der Waals surface area contributed by atoms with Gasteiger partial charge in [-0.05, 0) is 47.8 Å². The van der Waals surface area contributed by atoms with Crippen LogP contribution in [0.15, 0.2) is 53.9 Å². The number of thiophene rings is 1. The van der Waals surface area contributed by atoms with E-state index in [4.69, 9.17) is 9.47 Å². The van der Waals surface area contributed by atoms with Crippen molar-refractivity contribution in [2.75, 3.05) is 14.2 Å². The van der Waals surface area contributed by atoms with E-state index < -0.39 is 23.2 Å². The first-order valence-electron chi connectivity index (χ1n) is 9.96. The number of hydrogen-bond donors (Lipinski definition) is 2. The maximum absolute atomic E-state index is 13.8. The molecule has 0 unspecified atom stereocenters. The van der Waals surface area contributed by atoms with Crippen molar-refractivity contribution in [3.05, 3.63) is 70.2 Å². The number of ether oxygens (including phenoxy) is 2. The molecule has 0 radical (unpaired) electrons. The van der Waals surface area contributed by atoms with Crippen LogP contribution >= 0.6 is 22.7 Å². The first-order valence-corrected chi connectivity index (χ1v) is 11.7. The molecule has 0 saturated heterocycles. The number of carbonyl (C=O) groups excluding carboxylic acids is 1. The number of thiazole rings is 1. The summed E-state index contributed by atoms with van der Waals surface area (Å²) in [7, 11) is 2.99. The number of halogens is 1. The van der Waals surface area contributed by atoms with E-state index in [0.717, 1.165) is 11.3 Å². The van der Waals surface area contributed by atoms with Crippen molar-refractivity contribution in [2.24, 2.45) is 0 Å². The molecule has 0 aliphatic rings. The Kier molecular flexibility index (Phi) is 5.46. The molecule has 172 valence electrons. The number of nitrogens with zero attached hydrogens (tertiary/aromatic N) is 2. The third-order valence-electron chi connectivity index (χ3n) is 5.28. The maximum atomic E-state index is 13.8. The Morgan fingerprint density at radius 2 is 1.85 bits per heavy atom. The highest BCUT2D eigenvalue weighted by atomic mass is 32.1. The van der Waals surface area contributed by atoms with E-state index in [1.54, 1.807) is 35.7 Å². The zero-order chi connectivity index (χ0) is 24.0. The second-order valence-corrected chi connectivity index (χ2v) is 9.17.